The summed E-state index contributed by atoms with van der Waals surface area (Å²) in [5.74, 6) is -0.459. The van der Waals surface area contributed by atoms with Crippen molar-refractivity contribution in [3.8, 4) is 0 Å². The summed E-state index contributed by atoms with van der Waals surface area (Å²) < 4.78 is 68.8. The Kier molecular flexibility index (Phi) is 76.0. The Labute approximate surface area is 645 Å². The number of ether oxygens (including phenoxy) is 4. The highest BCUT2D eigenvalue weighted by Gasteiger charge is 2.30. The highest BCUT2D eigenvalue weighted by molar-refractivity contribution is 7.47. The summed E-state index contributed by atoms with van der Waals surface area (Å²) in [5.41, 5.74) is 0. The number of unbranched alkanes of at least 4 members (excludes halogenated alkanes) is 55. The number of hydrogen-bond acceptors (Lipinski definition) is 15. The van der Waals surface area contributed by atoms with Crippen molar-refractivity contribution in [2.75, 3.05) is 39.6 Å². The third kappa shape index (κ3) is 79.9. The molecule has 3 N–H and O–H groups in total. The van der Waals surface area contributed by atoms with Gasteiger partial charge in [-0.1, -0.05) is 408 Å². The molecule has 0 aliphatic carbocycles. The average molecular weight is 1540 g/mol. The van der Waals surface area contributed by atoms with Crippen LogP contribution >= 0.6 is 15.6 Å². The molecule has 0 spiro atoms. The molecule has 19 heteroatoms. The van der Waals surface area contributed by atoms with Gasteiger partial charge in [0.1, 0.15) is 19.3 Å². The Morgan fingerprint density at radius 3 is 0.648 bits per heavy atom. The Morgan fingerprint density at radius 1 is 0.257 bits per heavy atom. The number of aliphatic hydroxyl groups excluding tert-OH is 1. The van der Waals surface area contributed by atoms with Crippen molar-refractivity contribution >= 4 is 39.5 Å². The standard InChI is InChI=1S/C86H168O17P2/c1-7-9-11-13-15-17-18-19-34-40-46-52-58-64-70-85(90)102-81(74-96-83(88)68-62-56-50-42-16-14-12-10-8-2)76-100-104(92,93)98-72-80(87)73-99-105(94,95)101-77-82(103-86(91)71-65-59-53-47-41-36-31-27-23-21-25-29-33-38-44-49-55-61-67-79(5)6)75-97-84(89)69-63-57-51-45-39-35-30-26-22-20-24-28-32-37-43-48-54-60-66-78(3)4/h78-82,87H,7-77H2,1-6H3,(H,92,93)(H,94,95)/t80-,81+,82+/m0/s1. The van der Waals surface area contributed by atoms with Crippen molar-refractivity contribution in [3.05, 3.63) is 0 Å². The number of carbonyl (C=O) groups is 4. The molecule has 624 valence electrons. The minimum absolute atomic E-state index is 0.108. The van der Waals surface area contributed by atoms with E-state index in [0.29, 0.717) is 25.7 Å². The van der Waals surface area contributed by atoms with Gasteiger partial charge in [0.2, 0.25) is 0 Å². The molecule has 0 rings (SSSR count). The lowest BCUT2D eigenvalue weighted by molar-refractivity contribution is -0.161. The van der Waals surface area contributed by atoms with Crippen molar-refractivity contribution in [1.29, 1.82) is 0 Å². The second-order valence-electron chi connectivity index (χ2n) is 31.9. The van der Waals surface area contributed by atoms with Crippen LogP contribution in [0.2, 0.25) is 0 Å². The maximum absolute atomic E-state index is 13.1. The Hall–Kier alpha value is -1.94. The van der Waals surface area contributed by atoms with Crippen LogP contribution in [0.5, 0.6) is 0 Å². The van der Waals surface area contributed by atoms with Gasteiger partial charge in [0.15, 0.2) is 12.2 Å². The lowest BCUT2D eigenvalue weighted by Crippen LogP contribution is -2.30. The van der Waals surface area contributed by atoms with E-state index in [1.54, 1.807) is 0 Å². The fraction of sp³-hybridized carbons (Fsp3) is 0.953. The minimum Gasteiger partial charge on any atom is -0.462 e. The molecule has 17 nitrogen and oxygen atoms in total. The van der Waals surface area contributed by atoms with Gasteiger partial charge in [0.25, 0.3) is 0 Å². The summed E-state index contributed by atoms with van der Waals surface area (Å²) in [4.78, 5) is 73.1. The molecule has 0 amide bonds. The molecular weight excluding hydrogens is 1370 g/mol. The van der Waals surface area contributed by atoms with E-state index in [9.17, 15) is 43.2 Å². The van der Waals surface area contributed by atoms with Crippen LogP contribution in [0.25, 0.3) is 0 Å². The molecule has 0 saturated carbocycles. The lowest BCUT2D eigenvalue weighted by Gasteiger charge is -2.21. The van der Waals surface area contributed by atoms with E-state index in [-0.39, 0.29) is 25.7 Å². The predicted molar refractivity (Wildman–Crippen MR) is 432 cm³/mol. The molecule has 105 heavy (non-hydrogen) atoms. The summed E-state index contributed by atoms with van der Waals surface area (Å²) in [6.45, 7) is 9.73. The number of hydrogen-bond donors (Lipinski definition) is 3. The van der Waals surface area contributed by atoms with Gasteiger partial charge in [-0.15, -0.1) is 0 Å². The molecule has 0 radical (unpaired) electrons. The number of rotatable bonds is 85. The SMILES string of the molecule is CCCCCCCCCCCCCCCCC(=O)O[C@H](COC(=O)CCCCCCCCCCC)COP(=O)(O)OC[C@H](O)COP(=O)(O)OC[C@@H](COC(=O)CCCCCCCCCCCCCCCCCCCCC(C)C)OC(=O)CCCCCCCCCCCCCCCCCCCCC(C)C. The largest absolute Gasteiger partial charge is 0.472 e. The molecule has 0 bridgehead atoms. The van der Waals surface area contributed by atoms with E-state index in [1.165, 1.54) is 276 Å². The molecule has 0 aromatic heterocycles. The molecule has 0 saturated heterocycles. The summed E-state index contributed by atoms with van der Waals surface area (Å²) >= 11 is 0. The summed E-state index contributed by atoms with van der Waals surface area (Å²) in [6, 6.07) is 0. The van der Waals surface area contributed by atoms with Crippen molar-refractivity contribution in [3.63, 3.8) is 0 Å². The van der Waals surface area contributed by atoms with E-state index in [1.807, 2.05) is 0 Å². The van der Waals surface area contributed by atoms with E-state index in [2.05, 4.69) is 41.5 Å². The van der Waals surface area contributed by atoms with Crippen LogP contribution in [0.1, 0.15) is 459 Å². The Morgan fingerprint density at radius 2 is 0.438 bits per heavy atom. The van der Waals surface area contributed by atoms with Crippen LogP contribution in [-0.2, 0) is 65.4 Å². The van der Waals surface area contributed by atoms with Crippen LogP contribution in [0.15, 0.2) is 0 Å². The maximum atomic E-state index is 13.1. The first-order valence-corrected chi connectivity index (χ1v) is 47.5. The zero-order chi connectivity index (χ0) is 77.1. The van der Waals surface area contributed by atoms with Crippen LogP contribution in [0.4, 0.5) is 0 Å². The predicted octanol–water partition coefficient (Wildman–Crippen LogP) is 26.2. The summed E-state index contributed by atoms with van der Waals surface area (Å²) in [6.07, 6.45) is 69.5. The maximum Gasteiger partial charge on any atom is 0.472 e. The fourth-order valence-electron chi connectivity index (χ4n) is 13.4. The van der Waals surface area contributed by atoms with Crippen LogP contribution in [0.3, 0.4) is 0 Å². The second-order valence-corrected chi connectivity index (χ2v) is 34.8. The number of carbonyl (C=O) groups excluding carboxylic acids is 4. The second kappa shape index (κ2) is 77.4. The van der Waals surface area contributed by atoms with Crippen LogP contribution < -0.4 is 0 Å². The van der Waals surface area contributed by atoms with E-state index >= 15 is 0 Å². The highest BCUT2D eigenvalue weighted by Crippen LogP contribution is 2.45. The molecule has 0 aliphatic rings. The van der Waals surface area contributed by atoms with Gasteiger partial charge >= 0.3 is 39.5 Å². The average Bonchev–Trinajstić information content (AvgIpc) is 0.926. The third-order valence-electron chi connectivity index (χ3n) is 20.2. The summed E-state index contributed by atoms with van der Waals surface area (Å²) in [5, 5.41) is 10.7. The topological polar surface area (TPSA) is 237 Å². The first-order chi connectivity index (χ1) is 50.9. The monoisotopic (exact) mass is 1540 g/mol. The molecule has 2 unspecified atom stereocenters. The van der Waals surface area contributed by atoms with Crippen molar-refractivity contribution in [2.24, 2.45) is 11.8 Å². The molecule has 0 fully saturated rings. The quantitative estimate of drug-likeness (QED) is 0.0222. The fourth-order valence-corrected chi connectivity index (χ4v) is 15.0. The van der Waals surface area contributed by atoms with Gasteiger partial charge in [-0.3, -0.25) is 37.3 Å². The first-order valence-electron chi connectivity index (χ1n) is 44.5. The lowest BCUT2D eigenvalue weighted by atomic mass is 10.0. The first kappa shape index (κ1) is 103. The van der Waals surface area contributed by atoms with Gasteiger partial charge < -0.3 is 33.8 Å². The van der Waals surface area contributed by atoms with Crippen molar-refractivity contribution < 1.29 is 80.2 Å². The summed E-state index contributed by atoms with van der Waals surface area (Å²) in [7, 11) is -9.92. The molecule has 0 aromatic carbocycles. The molecular formula is C86H168O17P2. The van der Waals surface area contributed by atoms with E-state index < -0.39 is 97.5 Å². The van der Waals surface area contributed by atoms with Gasteiger partial charge in [0, 0.05) is 25.7 Å². The van der Waals surface area contributed by atoms with E-state index in [0.717, 1.165) is 102 Å². The number of phosphoric acid groups is 2. The van der Waals surface area contributed by atoms with Gasteiger partial charge in [-0.2, -0.15) is 0 Å². The highest BCUT2D eigenvalue weighted by atomic mass is 31.2. The minimum atomic E-state index is -4.97. The zero-order valence-electron chi connectivity index (χ0n) is 69.0. The van der Waals surface area contributed by atoms with Crippen molar-refractivity contribution in [1.82, 2.24) is 0 Å². The van der Waals surface area contributed by atoms with Crippen molar-refractivity contribution in [2.45, 2.75) is 477 Å². The number of esters is 4. The van der Waals surface area contributed by atoms with E-state index in [4.69, 9.17) is 37.0 Å². The molecule has 0 aliphatic heterocycles. The molecule has 5 atom stereocenters. The number of phosphoric ester groups is 2. The smallest absolute Gasteiger partial charge is 0.462 e. The Balaban J connectivity index is 5.19. The zero-order valence-corrected chi connectivity index (χ0v) is 70.8. The normalized spacial score (nSPS) is 13.8. The Bertz CT molecular complexity index is 2010. The van der Waals surface area contributed by atoms with Gasteiger partial charge in [-0.05, 0) is 37.5 Å². The number of aliphatic hydroxyl groups is 1. The van der Waals surface area contributed by atoms with Gasteiger partial charge in [0.05, 0.1) is 26.4 Å². The van der Waals surface area contributed by atoms with Crippen LogP contribution in [-0.4, -0.2) is 96.7 Å². The molecule has 0 aromatic rings. The van der Waals surface area contributed by atoms with Gasteiger partial charge in [-0.25, -0.2) is 9.13 Å². The molecule has 0 heterocycles. The third-order valence-corrected chi connectivity index (χ3v) is 22.1. The van der Waals surface area contributed by atoms with Crippen LogP contribution in [0, 0.1) is 11.8 Å².